The number of nitrogens with two attached hydrogens (primary N) is 1. The Labute approximate surface area is 119 Å². The van der Waals surface area contributed by atoms with Crippen LogP contribution in [0.4, 0.5) is 5.69 Å². The summed E-state index contributed by atoms with van der Waals surface area (Å²) in [6.07, 6.45) is 4.80. The van der Waals surface area contributed by atoms with Gasteiger partial charge < -0.3 is 15.4 Å². The van der Waals surface area contributed by atoms with E-state index in [1.807, 2.05) is 17.9 Å². The Hall–Kier alpha value is -1.71. The van der Waals surface area contributed by atoms with Crippen molar-refractivity contribution in [1.29, 1.82) is 0 Å². The maximum Gasteiger partial charge on any atom is 0.254 e. The molecule has 0 radical (unpaired) electrons. The quantitative estimate of drug-likeness (QED) is 0.811. The fourth-order valence-electron chi connectivity index (χ4n) is 2.52. The number of amides is 1. The molecule has 2 saturated carbocycles. The third kappa shape index (κ3) is 3.06. The lowest BCUT2D eigenvalue weighted by Gasteiger charge is -2.23. The first kappa shape index (κ1) is 13.3. The maximum atomic E-state index is 12.7. The van der Waals surface area contributed by atoms with Gasteiger partial charge >= 0.3 is 0 Å². The van der Waals surface area contributed by atoms with Gasteiger partial charge in [-0.1, -0.05) is 0 Å². The van der Waals surface area contributed by atoms with Crippen molar-refractivity contribution in [3.63, 3.8) is 0 Å². The molecule has 4 nitrogen and oxygen atoms in total. The van der Waals surface area contributed by atoms with Crippen LogP contribution in [0.25, 0.3) is 0 Å². The molecule has 2 aliphatic carbocycles. The monoisotopic (exact) mass is 274 g/mol. The van der Waals surface area contributed by atoms with Crippen LogP contribution in [-0.2, 0) is 0 Å². The van der Waals surface area contributed by atoms with Crippen LogP contribution in [0.3, 0.4) is 0 Å². The lowest BCUT2D eigenvalue weighted by molar-refractivity contribution is 0.0734. The van der Waals surface area contributed by atoms with Gasteiger partial charge in [0.25, 0.3) is 5.91 Å². The fourth-order valence-corrected chi connectivity index (χ4v) is 2.52. The van der Waals surface area contributed by atoms with Crippen molar-refractivity contribution in [3.05, 3.63) is 23.8 Å². The summed E-state index contributed by atoms with van der Waals surface area (Å²) in [7, 11) is 0. The molecule has 0 saturated heterocycles. The number of nitrogens with zero attached hydrogens (tertiary/aromatic N) is 1. The summed E-state index contributed by atoms with van der Waals surface area (Å²) < 4.78 is 5.48. The molecule has 0 aliphatic heterocycles. The van der Waals surface area contributed by atoms with Crippen molar-refractivity contribution < 1.29 is 9.53 Å². The van der Waals surface area contributed by atoms with Crippen molar-refractivity contribution in [1.82, 2.24) is 4.90 Å². The lowest BCUT2D eigenvalue weighted by atomic mass is 10.1. The van der Waals surface area contributed by atoms with Gasteiger partial charge in [-0.25, -0.2) is 0 Å². The topological polar surface area (TPSA) is 55.6 Å². The molecule has 4 heteroatoms. The summed E-state index contributed by atoms with van der Waals surface area (Å²) in [5.74, 6) is 1.50. The standard InChI is InChI=1S/C16H22N2O2/c1-2-20-15-8-12(7-13(17)9-15)16(19)18(14-5-6-14)10-11-3-4-11/h7-9,11,14H,2-6,10,17H2,1H3. The van der Waals surface area contributed by atoms with Gasteiger partial charge in [0.1, 0.15) is 5.75 Å². The normalized spacial score (nSPS) is 17.9. The SMILES string of the molecule is CCOc1cc(N)cc(C(=O)N(CC2CC2)C2CC2)c1. The highest BCUT2D eigenvalue weighted by Crippen LogP contribution is 2.36. The largest absolute Gasteiger partial charge is 0.494 e. The Kier molecular flexibility index (Phi) is 3.55. The van der Waals surface area contributed by atoms with Gasteiger partial charge in [0.05, 0.1) is 6.61 Å². The number of carbonyl (C=O) groups excluding carboxylic acids is 1. The van der Waals surface area contributed by atoms with E-state index < -0.39 is 0 Å². The molecule has 1 amide bonds. The number of anilines is 1. The van der Waals surface area contributed by atoms with E-state index in [9.17, 15) is 4.79 Å². The first-order valence-electron chi connectivity index (χ1n) is 7.51. The van der Waals surface area contributed by atoms with E-state index in [1.165, 1.54) is 12.8 Å². The van der Waals surface area contributed by atoms with Crippen LogP contribution in [0, 0.1) is 5.92 Å². The van der Waals surface area contributed by atoms with Gasteiger partial charge in [-0.2, -0.15) is 0 Å². The van der Waals surface area contributed by atoms with E-state index in [4.69, 9.17) is 10.5 Å². The second-order valence-corrected chi connectivity index (χ2v) is 5.86. The first-order valence-corrected chi connectivity index (χ1v) is 7.51. The van der Waals surface area contributed by atoms with Crippen molar-refractivity contribution in [2.75, 3.05) is 18.9 Å². The number of benzene rings is 1. The number of ether oxygens (including phenoxy) is 1. The molecule has 1 aromatic rings. The van der Waals surface area contributed by atoms with Crippen molar-refractivity contribution in [3.8, 4) is 5.75 Å². The van der Waals surface area contributed by atoms with Gasteiger partial charge in [-0.15, -0.1) is 0 Å². The molecule has 1 aromatic carbocycles. The molecule has 3 rings (SSSR count). The minimum absolute atomic E-state index is 0.104. The zero-order chi connectivity index (χ0) is 14.1. The van der Waals surface area contributed by atoms with E-state index in [0.29, 0.717) is 35.6 Å². The average molecular weight is 274 g/mol. The molecule has 0 spiro atoms. The molecule has 108 valence electrons. The third-order valence-electron chi connectivity index (χ3n) is 3.89. The predicted octanol–water partition coefficient (Wildman–Crippen LogP) is 2.68. The maximum absolute atomic E-state index is 12.7. The Morgan fingerprint density at radius 2 is 2.05 bits per heavy atom. The Balaban J connectivity index is 1.80. The summed E-state index contributed by atoms with van der Waals surface area (Å²) in [5, 5.41) is 0. The number of rotatable bonds is 6. The van der Waals surface area contributed by atoms with E-state index in [0.717, 1.165) is 19.4 Å². The molecule has 2 fully saturated rings. The zero-order valence-corrected chi connectivity index (χ0v) is 12.0. The van der Waals surface area contributed by atoms with Crippen LogP contribution in [-0.4, -0.2) is 30.0 Å². The fraction of sp³-hybridized carbons (Fsp3) is 0.562. The number of carbonyl (C=O) groups is 1. The van der Waals surface area contributed by atoms with Gasteiger partial charge in [-0.3, -0.25) is 4.79 Å². The molecule has 2 N–H and O–H groups in total. The predicted molar refractivity (Wildman–Crippen MR) is 78.8 cm³/mol. The van der Waals surface area contributed by atoms with Gasteiger partial charge in [0.2, 0.25) is 0 Å². The first-order chi connectivity index (χ1) is 9.67. The van der Waals surface area contributed by atoms with Crippen LogP contribution >= 0.6 is 0 Å². The van der Waals surface area contributed by atoms with Crippen molar-refractivity contribution in [2.24, 2.45) is 5.92 Å². The van der Waals surface area contributed by atoms with Crippen LogP contribution in [0.1, 0.15) is 43.0 Å². The summed E-state index contributed by atoms with van der Waals surface area (Å²) in [5.41, 5.74) is 7.12. The van der Waals surface area contributed by atoms with Crippen LogP contribution < -0.4 is 10.5 Å². The summed E-state index contributed by atoms with van der Waals surface area (Å²) in [4.78, 5) is 14.8. The molecule has 0 atom stereocenters. The summed E-state index contributed by atoms with van der Waals surface area (Å²) in [6.45, 7) is 3.40. The van der Waals surface area contributed by atoms with E-state index in [-0.39, 0.29) is 5.91 Å². The average Bonchev–Trinajstić information content (AvgIpc) is 3.26. The van der Waals surface area contributed by atoms with Gasteiger partial charge in [-0.05, 0) is 50.7 Å². The Morgan fingerprint density at radius 3 is 2.65 bits per heavy atom. The van der Waals surface area contributed by atoms with Crippen molar-refractivity contribution >= 4 is 11.6 Å². The highest BCUT2D eigenvalue weighted by atomic mass is 16.5. The minimum atomic E-state index is 0.104. The molecule has 2 aliphatic rings. The molecule has 0 aromatic heterocycles. The third-order valence-corrected chi connectivity index (χ3v) is 3.89. The van der Waals surface area contributed by atoms with Crippen LogP contribution in [0.5, 0.6) is 5.75 Å². The highest BCUT2D eigenvalue weighted by molar-refractivity contribution is 5.96. The van der Waals surface area contributed by atoms with E-state index in [2.05, 4.69) is 0 Å². The summed E-state index contributed by atoms with van der Waals surface area (Å²) in [6, 6.07) is 5.78. The zero-order valence-electron chi connectivity index (χ0n) is 12.0. The number of hydrogen-bond acceptors (Lipinski definition) is 3. The second kappa shape index (κ2) is 5.35. The van der Waals surface area contributed by atoms with Gasteiger partial charge in [0.15, 0.2) is 0 Å². The molecule has 0 bridgehead atoms. The van der Waals surface area contributed by atoms with E-state index >= 15 is 0 Å². The molecule has 20 heavy (non-hydrogen) atoms. The second-order valence-electron chi connectivity index (χ2n) is 5.86. The molecular formula is C16H22N2O2. The lowest BCUT2D eigenvalue weighted by Crippen LogP contribution is -2.35. The number of nitrogen functional groups attached to an aromatic ring is 1. The minimum Gasteiger partial charge on any atom is -0.494 e. The van der Waals surface area contributed by atoms with E-state index in [1.54, 1.807) is 12.1 Å². The molecule has 0 unspecified atom stereocenters. The van der Waals surface area contributed by atoms with Gasteiger partial charge in [0, 0.05) is 29.9 Å². The smallest absolute Gasteiger partial charge is 0.254 e. The highest BCUT2D eigenvalue weighted by Gasteiger charge is 2.36. The summed E-state index contributed by atoms with van der Waals surface area (Å²) >= 11 is 0. The van der Waals surface area contributed by atoms with Crippen LogP contribution in [0.2, 0.25) is 0 Å². The van der Waals surface area contributed by atoms with Crippen molar-refractivity contribution in [2.45, 2.75) is 38.6 Å². The van der Waals surface area contributed by atoms with Crippen LogP contribution in [0.15, 0.2) is 18.2 Å². The number of hydrogen-bond donors (Lipinski definition) is 1. The molecule has 0 heterocycles. The Bertz CT molecular complexity index is 507. The Morgan fingerprint density at radius 1 is 1.30 bits per heavy atom. The molecular weight excluding hydrogens is 252 g/mol.